The average Bonchev–Trinajstić information content (AvgIpc) is 2.73. The maximum atomic E-state index is 6.20. The summed E-state index contributed by atoms with van der Waals surface area (Å²) in [5, 5.41) is 0. The molecule has 1 fully saturated rings. The molecule has 1 atom stereocenters. The van der Waals surface area contributed by atoms with E-state index >= 15 is 0 Å². The van der Waals surface area contributed by atoms with Crippen LogP contribution < -0.4 is 5.73 Å². The third kappa shape index (κ3) is 5.95. The summed E-state index contributed by atoms with van der Waals surface area (Å²) in [6.45, 7) is 5.08. The number of nitrogens with zero attached hydrogens (tertiary/aromatic N) is 1. The molecule has 106 valence electrons. The topological polar surface area (TPSA) is 38.5 Å². The van der Waals surface area contributed by atoms with Gasteiger partial charge in [0.05, 0.1) is 6.61 Å². The van der Waals surface area contributed by atoms with E-state index in [9.17, 15) is 0 Å². The molecule has 1 aliphatic rings. The van der Waals surface area contributed by atoms with Crippen LogP contribution in [0, 0.1) is 0 Å². The molecule has 0 radical (unpaired) electrons. The van der Waals surface area contributed by atoms with Crippen molar-refractivity contribution in [1.82, 2.24) is 4.90 Å². The standard InChI is InChI=1S/C15H24N2OS/c16-14(13-19-15-5-2-1-3-6-15)7-9-17-8-4-11-18-12-10-17/h1-3,5-6,14H,4,7-13,16H2. The molecule has 1 heterocycles. The summed E-state index contributed by atoms with van der Waals surface area (Å²) < 4.78 is 5.46. The highest BCUT2D eigenvalue weighted by molar-refractivity contribution is 7.99. The lowest BCUT2D eigenvalue weighted by molar-refractivity contribution is 0.141. The molecule has 1 aromatic rings. The van der Waals surface area contributed by atoms with E-state index in [0.717, 1.165) is 51.4 Å². The van der Waals surface area contributed by atoms with E-state index in [0.29, 0.717) is 0 Å². The molecule has 2 rings (SSSR count). The number of nitrogens with two attached hydrogens (primary N) is 1. The molecule has 0 spiro atoms. The van der Waals surface area contributed by atoms with E-state index in [2.05, 4.69) is 29.2 Å². The molecule has 1 aliphatic heterocycles. The van der Waals surface area contributed by atoms with Crippen molar-refractivity contribution in [1.29, 1.82) is 0 Å². The highest BCUT2D eigenvalue weighted by Crippen LogP contribution is 2.18. The van der Waals surface area contributed by atoms with Gasteiger partial charge in [-0.05, 0) is 31.5 Å². The maximum absolute atomic E-state index is 6.20. The van der Waals surface area contributed by atoms with Crippen molar-refractivity contribution in [2.45, 2.75) is 23.8 Å². The van der Waals surface area contributed by atoms with Crippen LogP contribution in [-0.2, 0) is 4.74 Å². The minimum Gasteiger partial charge on any atom is -0.380 e. The lowest BCUT2D eigenvalue weighted by atomic mass is 10.2. The summed E-state index contributed by atoms with van der Waals surface area (Å²) in [5.41, 5.74) is 6.20. The zero-order valence-corrected chi connectivity index (χ0v) is 12.3. The Balaban J connectivity index is 1.62. The van der Waals surface area contributed by atoms with E-state index in [1.54, 1.807) is 0 Å². The van der Waals surface area contributed by atoms with Crippen molar-refractivity contribution < 1.29 is 4.74 Å². The molecule has 0 amide bonds. The van der Waals surface area contributed by atoms with E-state index in [1.165, 1.54) is 4.90 Å². The smallest absolute Gasteiger partial charge is 0.0593 e. The molecule has 2 N–H and O–H groups in total. The Kier molecular flexibility index (Phi) is 6.71. The molecule has 1 saturated heterocycles. The van der Waals surface area contributed by atoms with Crippen molar-refractivity contribution in [2.24, 2.45) is 5.73 Å². The predicted octanol–water partition coefficient (Wildman–Crippen LogP) is 2.22. The first-order valence-electron chi connectivity index (χ1n) is 7.08. The zero-order chi connectivity index (χ0) is 13.3. The van der Waals surface area contributed by atoms with Crippen LogP contribution in [0.25, 0.3) is 0 Å². The summed E-state index contributed by atoms with van der Waals surface area (Å²) in [6.07, 6.45) is 2.22. The summed E-state index contributed by atoms with van der Waals surface area (Å²) in [5.74, 6) is 0.994. The molecule has 0 aromatic heterocycles. The van der Waals surface area contributed by atoms with Gasteiger partial charge in [-0.1, -0.05) is 18.2 Å². The highest BCUT2D eigenvalue weighted by Gasteiger charge is 2.11. The molecule has 0 aliphatic carbocycles. The van der Waals surface area contributed by atoms with E-state index < -0.39 is 0 Å². The van der Waals surface area contributed by atoms with Crippen molar-refractivity contribution in [3.05, 3.63) is 30.3 Å². The van der Waals surface area contributed by atoms with Gasteiger partial charge in [-0.25, -0.2) is 0 Å². The van der Waals surface area contributed by atoms with Gasteiger partial charge in [0.2, 0.25) is 0 Å². The Morgan fingerprint density at radius 2 is 2.05 bits per heavy atom. The quantitative estimate of drug-likeness (QED) is 0.811. The van der Waals surface area contributed by atoms with E-state index in [-0.39, 0.29) is 6.04 Å². The Morgan fingerprint density at radius 3 is 2.89 bits per heavy atom. The van der Waals surface area contributed by atoms with Crippen molar-refractivity contribution in [3.63, 3.8) is 0 Å². The molecule has 3 nitrogen and oxygen atoms in total. The monoisotopic (exact) mass is 280 g/mol. The Labute approximate surface area is 120 Å². The zero-order valence-electron chi connectivity index (χ0n) is 11.5. The third-order valence-electron chi connectivity index (χ3n) is 3.34. The lowest BCUT2D eigenvalue weighted by Gasteiger charge is -2.21. The van der Waals surface area contributed by atoms with Crippen LogP contribution in [-0.4, -0.2) is 49.5 Å². The van der Waals surface area contributed by atoms with E-state index in [4.69, 9.17) is 10.5 Å². The van der Waals surface area contributed by atoms with Gasteiger partial charge in [-0.15, -0.1) is 11.8 Å². The second-order valence-corrected chi connectivity index (χ2v) is 6.07. The van der Waals surface area contributed by atoms with Crippen LogP contribution >= 0.6 is 11.8 Å². The molecular weight excluding hydrogens is 256 g/mol. The minimum absolute atomic E-state index is 0.273. The number of ether oxygens (including phenoxy) is 1. The molecule has 1 aromatic carbocycles. The van der Waals surface area contributed by atoms with Gasteiger partial charge in [-0.3, -0.25) is 0 Å². The average molecular weight is 280 g/mol. The summed E-state index contributed by atoms with van der Waals surface area (Å²) in [6, 6.07) is 10.8. The van der Waals surface area contributed by atoms with Gasteiger partial charge in [0.15, 0.2) is 0 Å². The SMILES string of the molecule is NC(CCN1CCCOCC1)CSc1ccccc1. The number of benzene rings is 1. The summed E-state index contributed by atoms with van der Waals surface area (Å²) in [7, 11) is 0. The number of hydrogen-bond acceptors (Lipinski definition) is 4. The fraction of sp³-hybridized carbons (Fsp3) is 0.600. The predicted molar refractivity (Wildman–Crippen MR) is 81.6 cm³/mol. The van der Waals surface area contributed by atoms with Crippen LogP contribution in [0.15, 0.2) is 35.2 Å². The molecule has 1 unspecified atom stereocenters. The number of rotatable bonds is 6. The van der Waals surface area contributed by atoms with E-state index in [1.807, 2.05) is 17.8 Å². The summed E-state index contributed by atoms with van der Waals surface area (Å²) in [4.78, 5) is 3.78. The van der Waals surface area contributed by atoms with Crippen molar-refractivity contribution >= 4 is 11.8 Å². The maximum Gasteiger partial charge on any atom is 0.0593 e. The van der Waals surface area contributed by atoms with Crippen LogP contribution in [0.5, 0.6) is 0 Å². The van der Waals surface area contributed by atoms with Crippen LogP contribution in [0.1, 0.15) is 12.8 Å². The van der Waals surface area contributed by atoms with Crippen LogP contribution in [0.4, 0.5) is 0 Å². The first kappa shape index (κ1) is 14.9. The van der Waals surface area contributed by atoms with Crippen molar-refractivity contribution in [2.75, 3.05) is 38.6 Å². The lowest BCUT2D eigenvalue weighted by Crippen LogP contribution is -2.33. The fourth-order valence-corrected chi connectivity index (χ4v) is 3.10. The van der Waals surface area contributed by atoms with Gasteiger partial charge < -0.3 is 15.4 Å². The number of hydrogen-bond donors (Lipinski definition) is 1. The highest BCUT2D eigenvalue weighted by atomic mass is 32.2. The van der Waals surface area contributed by atoms with Gasteiger partial charge in [-0.2, -0.15) is 0 Å². The fourth-order valence-electron chi connectivity index (χ4n) is 2.17. The second-order valence-electron chi connectivity index (χ2n) is 4.98. The van der Waals surface area contributed by atoms with Gasteiger partial charge in [0.1, 0.15) is 0 Å². The minimum atomic E-state index is 0.273. The Morgan fingerprint density at radius 1 is 1.21 bits per heavy atom. The third-order valence-corrected chi connectivity index (χ3v) is 4.54. The number of thioether (sulfide) groups is 1. The normalized spacial score (nSPS) is 19.0. The second kappa shape index (κ2) is 8.59. The van der Waals surface area contributed by atoms with Crippen LogP contribution in [0.2, 0.25) is 0 Å². The molecule has 0 bridgehead atoms. The van der Waals surface area contributed by atoms with Crippen LogP contribution in [0.3, 0.4) is 0 Å². The Hall–Kier alpha value is -0.550. The van der Waals surface area contributed by atoms with Gasteiger partial charge in [0.25, 0.3) is 0 Å². The molecular formula is C15H24N2OS. The molecule has 4 heteroatoms. The molecule has 19 heavy (non-hydrogen) atoms. The molecule has 0 saturated carbocycles. The largest absolute Gasteiger partial charge is 0.380 e. The first-order valence-corrected chi connectivity index (χ1v) is 8.06. The first-order chi connectivity index (χ1) is 9.34. The van der Waals surface area contributed by atoms with Gasteiger partial charge in [0, 0.05) is 36.4 Å². The van der Waals surface area contributed by atoms with Gasteiger partial charge >= 0.3 is 0 Å². The van der Waals surface area contributed by atoms with Crippen molar-refractivity contribution in [3.8, 4) is 0 Å². The Bertz CT molecular complexity index is 339. The summed E-state index contributed by atoms with van der Waals surface area (Å²) >= 11 is 1.85.